The number of nitrogens with one attached hydrogen (secondary N) is 1. The van der Waals surface area contributed by atoms with Crippen LogP contribution in [0.2, 0.25) is 0 Å². The maximum atomic E-state index is 12.6. The van der Waals surface area contributed by atoms with Crippen molar-refractivity contribution in [2.75, 3.05) is 20.3 Å². The standard InChI is InChI=1S/C12H17ClFNO/c1-16-9-11(13)6-7-15-8-10-2-4-12(14)5-3-10/h2-5,11,15H,6-9H2,1H3. The van der Waals surface area contributed by atoms with E-state index in [1.54, 1.807) is 19.2 Å². The van der Waals surface area contributed by atoms with E-state index in [0.717, 1.165) is 25.1 Å². The highest BCUT2D eigenvalue weighted by Gasteiger charge is 2.02. The first-order valence-corrected chi connectivity index (χ1v) is 5.74. The van der Waals surface area contributed by atoms with Crippen molar-refractivity contribution in [3.05, 3.63) is 35.6 Å². The molecule has 0 aliphatic heterocycles. The molecule has 2 nitrogen and oxygen atoms in total. The van der Waals surface area contributed by atoms with Crippen LogP contribution in [0.1, 0.15) is 12.0 Å². The number of hydrogen-bond donors (Lipinski definition) is 1. The van der Waals surface area contributed by atoms with Crippen LogP contribution in [0, 0.1) is 5.82 Å². The predicted octanol–water partition coefficient (Wildman–Crippen LogP) is 2.56. The Labute approximate surface area is 101 Å². The molecule has 0 fully saturated rings. The molecule has 0 aliphatic rings. The third-order valence-corrected chi connectivity index (χ3v) is 2.57. The van der Waals surface area contributed by atoms with Gasteiger partial charge in [0.1, 0.15) is 5.82 Å². The molecule has 0 amide bonds. The molecule has 1 N–H and O–H groups in total. The number of halogens is 2. The van der Waals surface area contributed by atoms with Crippen LogP contribution in [0.5, 0.6) is 0 Å². The topological polar surface area (TPSA) is 21.3 Å². The molecular formula is C12H17ClFNO. The van der Waals surface area contributed by atoms with Gasteiger partial charge in [-0.2, -0.15) is 0 Å². The summed E-state index contributed by atoms with van der Waals surface area (Å²) in [5.41, 5.74) is 1.07. The molecule has 1 rings (SSSR count). The molecule has 0 radical (unpaired) electrons. The average Bonchev–Trinajstić information content (AvgIpc) is 2.27. The van der Waals surface area contributed by atoms with Crippen molar-refractivity contribution in [3.63, 3.8) is 0 Å². The molecule has 0 bridgehead atoms. The van der Waals surface area contributed by atoms with Gasteiger partial charge in [-0.05, 0) is 30.7 Å². The predicted molar refractivity (Wildman–Crippen MR) is 64.2 cm³/mol. The Balaban J connectivity index is 2.13. The second kappa shape index (κ2) is 7.60. The van der Waals surface area contributed by atoms with Gasteiger partial charge in [-0.25, -0.2) is 4.39 Å². The zero-order chi connectivity index (χ0) is 11.8. The van der Waals surface area contributed by atoms with E-state index in [1.165, 1.54) is 12.1 Å². The van der Waals surface area contributed by atoms with Gasteiger partial charge < -0.3 is 10.1 Å². The van der Waals surface area contributed by atoms with E-state index in [2.05, 4.69) is 5.32 Å². The Hall–Kier alpha value is -0.640. The Morgan fingerprint density at radius 1 is 1.38 bits per heavy atom. The SMILES string of the molecule is COCC(Cl)CCNCc1ccc(F)cc1. The van der Waals surface area contributed by atoms with Crippen LogP contribution in [0.3, 0.4) is 0 Å². The van der Waals surface area contributed by atoms with E-state index < -0.39 is 0 Å². The summed E-state index contributed by atoms with van der Waals surface area (Å²) in [6, 6.07) is 6.48. The lowest BCUT2D eigenvalue weighted by molar-refractivity contribution is 0.195. The number of alkyl halides is 1. The molecule has 90 valence electrons. The van der Waals surface area contributed by atoms with Gasteiger partial charge in [-0.15, -0.1) is 11.6 Å². The summed E-state index contributed by atoms with van der Waals surface area (Å²) in [4.78, 5) is 0. The molecule has 16 heavy (non-hydrogen) atoms. The minimum atomic E-state index is -0.204. The molecule has 0 heterocycles. The van der Waals surface area contributed by atoms with Gasteiger partial charge in [0, 0.05) is 13.7 Å². The van der Waals surface area contributed by atoms with Crippen molar-refractivity contribution < 1.29 is 9.13 Å². The van der Waals surface area contributed by atoms with Gasteiger partial charge in [0.2, 0.25) is 0 Å². The molecule has 0 saturated heterocycles. The van der Waals surface area contributed by atoms with Gasteiger partial charge >= 0.3 is 0 Å². The smallest absolute Gasteiger partial charge is 0.123 e. The number of hydrogen-bond acceptors (Lipinski definition) is 2. The number of rotatable bonds is 7. The fourth-order valence-electron chi connectivity index (χ4n) is 1.36. The van der Waals surface area contributed by atoms with Crippen LogP contribution in [-0.2, 0) is 11.3 Å². The molecule has 1 unspecified atom stereocenters. The fourth-order valence-corrected chi connectivity index (χ4v) is 1.59. The summed E-state index contributed by atoms with van der Waals surface area (Å²) in [7, 11) is 1.64. The van der Waals surface area contributed by atoms with Gasteiger partial charge in [0.15, 0.2) is 0 Å². The highest BCUT2D eigenvalue weighted by molar-refractivity contribution is 6.20. The molecule has 0 spiro atoms. The van der Waals surface area contributed by atoms with E-state index in [-0.39, 0.29) is 11.2 Å². The summed E-state index contributed by atoms with van der Waals surface area (Å²) in [6.07, 6.45) is 0.858. The van der Waals surface area contributed by atoms with E-state index in [0.29, 0.717) is 6.61 Å². The summed E-state index contributed by atoms with van der Waals surface area (Å²) >= 11 is 5.97. The summed E-state index contributed by atoms with van der Waals surface area (Å²) in [5.74, 6) is -0.204. The van der Waals surface area contributed by atoms with Crippen molar-refractivity contribution in [1.82, 2.24) is 5.32 Å². The quantitative estimate of drug-likeness (QED) is 0.589. The lowest BCUT2D eigenvalue weighted by atomic mass is 10.2. The summed E-state index contributed by atoms with van der Waals surface area (Å²) in [6.45, 7) is 2.13. The maximum absolute atomic E-state index is 12.6. The maximum Gasteiger partial charge on any atom is 0.123 e. The number of methoxy groups -OCH3 is 1. The summed E-state index contributed by atoms with van der Waals surface area (Å²) < 4.78 is 17.5. The fraction of sp³-hybridized carbons (Fsp3) is 0.500. The molecular weight excluding hydrogens is 229 g/mol. The van der Waals surface area contributed by atoms with Gasteiger partial charge in [-0.1, -0.05) is 12.1 Å². The summed E-state index contributed by atoms with van der Waals surface area (Å²) in [5, 5.41) is 3.29. The van der Waals surface area contributed by atoms with Crippen LogP contribution >= 0.6 is 11.6 Å². The van der Waals surface area contributed by atoms with Crippen LogP contribution in [0.15, 0.2) is 24.3 Å². The molecule has 0 aromatic heterocycles. The Kier molecular flexibility index (Phi) is 6.38. The van der Waals surface area contributed by atoms with Crippen molar-refractivity contribution in [2.45, 2.75) is 18.3 Å². The average molecular weight is 246 g/mol. The monoisotopic (exact) mass is 245 g/mol. The van der Waals surface area contributed by atoms with Crippen LogP contribution < -0.4 is 5.32 Å². The normalized spacial score (nSPS) is 12.7. The van der Waals surface area contributed by atoms with Gasteiger partial charge in [0.25, 0.3) is 0 Å². The Bertz CT molecular complexity index is 292. The molecule has 4 heteroatoms. The first-order valence-electron chi connectivity index (χ1n) is 5.30. The zero-order valence-corrected chi connectivity index (χ0v) is 10.1. The van der Waals surface area contributed by atoms with Crippen molar-refractivity contribution >= 4 is 11.6 Å². The highest BCUT2D eigenvalue weighted by atomic mass is 35.5. The third kappa shape index (κ3) is 5.45. The van der Waals surface area contributed by atoms with Crippen molar-refractivity contribution in [3.8, 4) is 0 Å². The minimum absolute atomic E-state index is 0.0470. The second-order valence-corrected chi connectivity index (χ2v) is 4.26. The minimum Gasteiger partial charge on any atom is -0.383 e. The van der Waals surface area contributed by atoms with Gasteiger partial charge in [0.05, 0.1) is 12.0 Å². The molecule has 1 aromatic rings. The van der Waals surface area contributed by atoms with E-state index >= 15 is 0 Å². The molecule has 1 atom stereocenters. The molecule has 0 saturated carbocycles. The largest absolute Gasteiger partial charge is 0.383 e. The van der Waals surface area contributed by atoms with E-state index in [4.69, 9.17) is 16.3 Å². The van der Waals surface area contributed by atoms with Crippen molar-refractivity contribution in [1.29, 1.82) is 0 Å². The Morgan fingerprint density at radius 2 is 2.06 bits per heavy atom. The highest BCUT2D eigenvalue weighted by Crippen LogP contribution is 2.03. The first kappa shape index (κ1) is 13.4. The van der Waals surface area contributed by atoms with Crippen LogP contribution in [0.25, 0.3) is 0 Å². The lowest BCUT2D eigenvalue weighted by Crippen LogP contribution is -2.20. The second-order valence-electron chi connectivity index (χ2n) is 3.64. The van der Waals surface area contributed by atoms with E-state index in [9.17, 15) is 4.39 Å². The molecule has 0 aliphatic carbocycles. The van der Waals surface area contributed by atoms with E-state index in [1.807, 2.05) is 0 Å². The molecule has 1 aromatic carbocycles. The van der Waals surface area contributed by atoms with Crippen molar-refractivity contribution in [2.24, 2.45) is 0 Å². The van der Waals surface area contributed by atoms with Crippen LogP contribution in [0.4, 0.5) is 4.39 Å². The van der Waals surface area contributed by atoms with Crippen LogP contribution in [-0.4, -0.2) is 25.6 Å². The third-order valence-electron chi connectivity index (χ3n) is 2.22. The lowest BCUT2D eigenvalue weighted by Gasteiger charge is -2.09. The van der Waals surface area contributed by atoms with Gasteiger partial charge in [-0.3, -0.25) is 0 Å². The number of ether oxygens (including phenoxy) is 1. The zero-order valence-electron chi connectivity index (χ0n) is 9.38. The first-order chi connectivity index (χ1) is 7.72. The number of benzene rings is 1. The Morgan fingerprint density at radius 3 is 2.69 bits per heavy atom.